The van der Waals surface area contributed by atoms with Crippen LogP contribution in [0.1, 0.15) is 43.8 Å². The van der Waals surface area contributed by atoms with Crippen molar-refractivity contribution in [3.05, 3.63) is 22.4 Å². The molecular weight excluding hydrogens is 288 g/mol. The summed E-state index contributed by atoms with van der Waals surface area (Å²) < 4.78 is 0. The Bertz CT molecular complexity index is 492. The molecule has 1 amide bonds. The van der Waals surface area contributed by atoms with Gasteiger partial charge in [-0.3, -0.25) is 10.1 Å². The fourth-order valence-electron chi connectivity index (χ4n) is 3.33. The highest BCUT2D eigenvalue weighted by Crippen LogP contribution is 2.46. The monoisotopic (exact) mass is 308 g/mol. The van der Waals surface area contributed by atoms with E-state index < -0.39 is 0 Å². The van der Waals surface area contributed by atoms with Crippen LogP contribution >= 0.6 is 23.1 Å². The number of rotatable bonds is 3. The van der Waals surface area contributed by atoms with Crippen LogP contribution < -0.4 is 5.32 Å². The van der Waals surface area contributed by atoms with E-state index in [0.717, 1.165) is 19.4 Å². The summed E-state index contributed by atoms with van der Waals surface area (Å²) in [6.45, 7) is 0.915. The maximum atomic E-state index is 12.7. The van der Waals surface area contributed by atoms with Gasteiger partial charge in [0.1, 0.15) is 11.7 Å². The van der Waals surface area contributed by atoms with E-state index in [9.17, 15) is 4.79 Å². The zero-order valence-corrected chi connectivity index (χ0v) is 13.1. The normalized spacial score (nSPS) is 32.0. The first-order chi connectivity index (χ1) is 9.78. The van der Waals surface area contributed by atoms with Crippen LogP contribution in [0.5, 0.6) is 0 Å². The quantitative estimate of drug-likeness (QED) is 0.931. The Labute approximate surface area is 128 Å². The highest BCUT2D eigenvalue weighted by molar-refractivity contribution is 7.99. The molecule has 1 aromatic rings. The number of nitrogens with one attached hydrogen (secondary N) is 1. The number of thioether (sulfide) groups is 1. The minimum atomic E-state index is -0.202. The molecule has 0 radical (unpaired) electrons. The van der Waals surface area contributed by atoms with Crippen molar-refractivity contribution in [2.75, 3.05) is 12.3 Å². The zero-order valence-electron chi connectivity index (χ0n) is 11.5. The summed E-state index contributed by atoms with van der Waals surface area (Å²) in [6.07, 6.45) is 6.06. The van der Waals surface area contributed by atoms with Crippen LogP contribution in [-0.2, 0) is 4.79 Å². The summed E-state index contributed by atoms with van der Waals surface area (Å²) in [7, 11) is 0. The predicted octanol–water partition coefficient (Wildman–Crippen LogP) is 3.00. The molecule has 0 aromatic carbocycles. The van der Waals surface area contributed by atoms with E-state index in [0.29, 0.717) is 11.2 Å². The van der Waals surface area contributed by atoms with Crippen molar-refractivity contribution < 1.29 is 4.79 Å². The van der Waals surface area contributed by atoms with Crippen LogP contribution in [-0.4, -0.2) is 33.9 Å². The molecule has 1 N–H and O–H groups in total. The van der Waals surface area contributed by atoms with E-state index in [2.05, 4.69) is 38.8 Å². The second-order valence-corrected chi connectivity index (χ2v) is 8.32. The van der Waals surface area contributed by atoms with Gasteiger partial charge in [0.05, 0.1) is 0 Å². The molecule has 1 aliphatic carbocycles. The minimum absolute atomic E-state index is 0.110. The first-order valence-electron chi connectivity index (χ1n) is 7.51. The van der Waals surface area contributed by atoms with Crippen molar-refractivity contribution >= 4 is 29.0 Å². The number of nitrogens with zero attached hydrogens (tertiary/aromatic N) is 1. The lowest BCUT2D eigenvalue weighted by Crippen LogP contribution is -2.37. The fraction of sp³-hybridized carbons (Fsp3) is 0.667. The average Bonchev–Trinajstić information content (AvgIpc) is 2.96. The molecule has 108 valence electrons. The lowest BCUT2D eigenvalue weighted by molar-refractivity contribution is -0.130. The third-order valence-electron chi connectivity index (χ3n) is 4.68. The van der Waals surface area contributed by atoms with Gasteiger partial charge >= 0.3 is 0 Å². The zero-order chi connectivity index (χ0) is 13.6. The van der Waals surface area contributed by atoms with Gasteiger partial charge in [0.15, 0.2) is 0 Å². The SMILES string of the molecule is O=C1N(CC2CCCCS2)C(c2ccsc2)NC12CC2. The van der Waals surface area contributed by atoms with Gasteiger partial charge in [-0.25, -0.2) is 0 Å². The highest BCUT2D eigenvalue weighted by atomic mass is 32.2. The standard InChI is InChI=1S/C15H20N2OS2/c18-14-15(5-6-15)16-13(11-4-8-19-10-11)17(14)9-12-3-1-2-7-20-12/h4,8,10,12-13,16H,1-3,5-7,9H2. The Morgan fingerprint density at radius 2 is 2.30 bits per heavy atom. The number of carbonyl (C=O) groups excluding carboxylic acids is 1. The van der Waals surface area contributed by atoms with Gasteiger partial charge in [-0.1, -0.05) is 6.42 Å². The van der Waals surface area contributed by atoms with Gasteiger partial charge in [0.25, 0.3) is 0 Å². The Balaban J connectivity index is 1.55. The van der Waals surface area contributed by atoms with Gasteiger partial charge in [0.2, 0.25) is 5.91 Å². The molecule has 20 heavy (non-hydrogen) atoms. The third kappa shape index (κ3) is 2.20. The molecule has 1 saturated carbocycles. The number of amides is 1. The van der Waals surface area contributed by atoms with Crippen LogP contribution in [0.3, 0.4) is 0 Å². The molecule has 2 atom stereocenters. The van der Waals surface area contributed by atoms with Crippen LogP contribution in [0.2, 0.25) is 0 Å². The summed E-state index contributed by atoms with van der Waals surface area (Å²) in [5.41, 5.74) is 1.05. The molecule has 3 fully saturated rings. The lowest BCUT2D eigenvalue weighted by Gasteiger charge is -2.30. The van der Waals surface area contributed by atoms with Gasteiger partial charge < -0.3 is 4.90 Å². The molecule has 3 aliphatic rings. The molecule has 1 aromatic heterocycles. The van der Waals surface area contributed by atoms with Crippen molar-refractivity contribution in [1.82, 2.24) is 10.2 Å². The summed E-state index contributed by atoms with van der Waals surface area (Å²) in [5, 5.41) is 8.51. The van der Waals surface area contributed by atoms with Crippen molar-refractivity contribution in [2.45, 2.75) is 49.1 Å². The minimum Gasteiger partial charge on any atom is -0.320 e. The Morgan fingerprint density at radius 1 is 1.40 bits per heavy atom. The first-order valence-corrected chi connectivity index (χ1v) is 9.50. The molecule has 4 rings (SSSR count). The number of hydrogen-bond acceptors (Lipinski definition) is 4. The molecule has 2 aliphatic heterocycles. The van der Waals surface area contributed by atoms with Crippen LogP contribution in [0.4, 0.5) is 0 Å². The molecule has 3 heterocycles. The molecule has 2 saturated heterocycles. The van der Waals surface area contributed by atoms with Gasteiger partial charge in [-0.2, -0.15) is 23.1 Å². The topological polar surface area (TPSA) is 32.3 Å². The van der Waals surface area contributed by atoms with Gasteiger partial charge in [-0.15, -0.1) is 0 Å². The van der Waals surface area contributed by atoms with E-state index in [-0.39, 0.29) is 11.7 Å². The van der Waals surface area contributed by atoms with Crippen LogP contribution in [0.25, 0.3) is 0 Å². The predicted molar refractivity (Wildman–Crippen MR) is 84.0 cm³/mol. The van der Waals surface area contributed by atoms with E-state index in [1.807, 2.05) is 0 Å². The van der Waals surface area contributed by atoms with Crippen LogP contribution in [0.15, 0.2) is 16.8 Å². The lowest BCUT2D eigenvalue weighted by atomic mass is 10.1. The van der Waals surface area contributed by atoms with E-state index in [4.69, 9.17) is 0 Å². The second-order valence-electron chi connectivity index (χ2n) is 6.13. The Kier molecular flexibility index (Phi) is 3.32. The van der Waals surface area contributed by atoms with Crippen molar-refractivity contribution in [3.8, 4) is 0 Å². The number of carbonyl (C=O) groups is 1. The smallest absolute Gasteiger partial charge is 0.244 e. The molecule has 0 bridgehead atoms. The largest absolute Gasteiger partial charge is 0.320 e. The highest BCUT2D eigenvalue weighted by Gasteiger charge is 2.59. The first kappa shape index (κ1) is 13.2. The van der Waals surface area contributed by atoms with E-state index in [1.165, 1.54) is 30.6 Å². The summed E-state index contributed by atoms with van der Waals surface area (Å²) in [5.74, 6) is 1.61. The van der Waals surface area contributed by atoms with Crippen LogP contribution in [0, 0.1) is 0 Å². The molecule has 1 spiro atoms. The molecule has 2 unspecified atom stereocenters. The molecular formula is C15H20N2OS2. The van der Waals surface area contributed by atoms with Gasteiger partial charge in [0, 0.05) is 11.8 Å². The molecule has 5 heteroatoms. The number of hydrogen-bond donors (Lipinski definition) is 1. The summed E-state index contributed by atoms with van der Waals surface area (Å²) in [4.78, 5) is 14.8. The average molecular weight is 308 g/mol. The Morgan fingerprint density at radius 3 is 2.95 bits per heavy atom. The maximum Gasteiger partial charge on any atom is 0.244 e. The summed E-state index contributed by atoms with van der Waals surface area (Å²) in [6, 6.07) is 2.15. The second kappa shape index (κ2) is 5.04. The van der Waals surface area contributed by atoms with Crippen molar-refractivity contribution in [2.24, 2.45) is 0 Å². The van der Waals surface area contributed by atoms with Crippen molar-refractivity contribution in [1.29, 1.82) is 0 Å². The summed E-state index contributed by atoms with van der Waals surface area (Å²) >= 11 is 3.77. The van der Waals surface area contributed by atoms with Gasteiger partial charge in [-0.05, 0) is 53.8 Å². The maximum absolute atomic E-state index is 12.7. The van der Waals surface area contributed by atoms with E-state index in [1.54, 1.807) is 11.3 Å². The number of thiophene rings is 1. The third-order valence-corrected chi connectivity index (χ3v) is 6.76. The van der Waals surface area contributed by atoms with Crippen molar-refractivity contribution in [3.63, 3.8) is 0 Å². The Hall–Kier alpha value is -0.520. The molecule has 3 nitrogen and oxygen atoms in total. The van der Waals surface area contributed by atoms with E-state index >= 15 is 0 Å². The fourth-order valence-corrected chi connectivity index (χ4v) is 5.31.